The van der Waals surface area contributed by atoms with Gasteiger partial charge in [0.1, 0.15) is 11.2 Å². The van der Waals surface area contributed by atoms with Gasteiger partial charge < -0.3 is 25.2 Å². The lowest BCUT2D eigenvalue weighted by Gasteiger charge is -2.36. The molecule has 1 heterocycles. The normalized spacial score (nSPS) is 18.8. The number of rotatable bonds is 4. The lowest BCUT2D eigenvalue weighted by Crippen LogP contribution is -2.58. The number of carboxylic acid groups (broad SMARTS) is 1. The lowest BCUT2D eigenvalue weighted by molar-refractivity contribution is -0.170. The molecule has 0 spiro atoms. The average molecular weight is 372 g/mol. The molecule has 1 amide bonds. The number of piperidine rings is 1. The highest BCUT2D eigenvalue weighted by Crippen LogP contribution is 2.28. The molecular weight excluding hydrogens is 340 g/mol. The third-order valence-corrected chi connectivity index (χ3v) is 4.02. The van der Waals surface area contributed by atoms with Gasteiger partial charge in [-0.05, 0) is 66.7 Å². The first-order valence-corrected chi connectivity index (χ1v) is 8.88. The number of carbonyl (C=O) groups is 3. The van der Waals surface area contributed by atoms with Crippen LogP contribution in [0.2, 0.25) is 0 Å². The highest BCUT2D eigenvalue weighted by atomic mass is 16.6. The summed E-state index contributed by atoms with van der Waals surface area (Å²) in [5.41, 5.74) is 2.44. The minimum Gasteiger partial charge on any atom is -0.479 e. The maximum Gasteiger partial charge on any atom is 0.410 e. The molecule has 0 unspecified atom stereocenters. The van der Waals surface area contributed by atoms with Gasteiger partial charge in [0, 0.05) is 13.1 Å². The molecule has 1 saturated heterocycles. The van der Waals surface area contributed by atoms with Crippen molar-refractivity contribution < 1.29 is 29.0 Å². The minimum absolute atomic E-state index is 0.0284. The zero-order valence-corrected chi connectivity index (χ0v) is 16.6. The van der Waals surface area contributed by atoms with Crippen molar-refractivity contribution in [1.82, 2.24) is 4.90 Å². The van der Waals surface area contributed by atoms with Gasteiger partial charge in [-0.25, -0.2) is 14.4 Å². The van der Waals surface area contributed by atoms with Gasteiger partial charge in [-0.1, -0.05) is 0 Å². The zero-order chi connectivity index (χ0) is 20.3. The Bertz CT molecular complexity index is 541. The molecule has 0 radical (unpaired) electrons. The Morgan fingerprint density at radius 3 is 1.85 bits per heavy atom. The van der Waals surface area contributed by atoms with Crippen LogP contribution in [-0.4, -0.2) is 57.9 Å². The molecular formula is C18H32N2O6. The molecule has 1 rings (SSSR count). The molecule has 1 aliphatic heterocycles. The lowest BCUT2D eigenvalue weighted by atomic mass is 9.82. The number of carboxylic acids is 1. The number of hydrogen-bond donors (Lipinski definition) is 2. The molecule has 1 fully saturated rings. The fourth-order valence-corrected chi connectivity index (χ4v) is 2.73. The van der Waals surface area contributed by atoms with E-state index in [4.69, 9.17) is 15.2 Å². The molecule has 0 aliphatic carbocycles. The van der Waals surface area contributed by atoms with Gasteiger partial charge in [-0.2, -0.15) is 0 Å². The second kappa shape index (κ2) is 7.82. The molecule has 8 heteroatoms. The summed E-state index contributed by atoms with van der Waals surface area (Å²) in [7, 11) is 0. The Balaban J connectivity index is 2.69. The standard InChI is InChI=1S/C18H32N2O6/c1-16(2,3)25-14(23)18(19,13(21)22)11-12-7-9-20(10-8-12)15(24)26-17(4,5)6/h12H,7-11,19H2,1-6H3,(H,21,22)/t18-/m0/s1. The molecule has 26 heavy (non-hydrogen) atoms. The molecule has 0 aromatic rings. The molecule has 8 nitrogen and oxygen atoms in total. The van der Waals surface area contributed by atoms with E-state index in [0.29, 0.717) is 25.9 Å². The van der Waals surface area contributed by atoms with Crippen LogP contribution in [0.15, 0.2) is 0 Å². The van der Waals surface area contributed by atoms with E-state index in [-0.39, 0.29) is 18.4 Å². The summed E-state index contributed by atoms with van der Waals surface area (Å²) >= 11 is 0. The van der Waals surface area contributed by atoms with Crippen molar-refractivity contribution in [1.29, 1.82) is 0 Å². The Kier molecular flexibility index (Phi) is 6.68. The van der Waals surface area contributed by atoms with Gasteiger partial charge in [0.05, 0.1) is 0 Å². The van der Waals surface area contributed by atoms with Crippen LogP contribution in [0.1, 0.15) is 60.8 Å². The van der Waals surface area contributed by atoms with Gasteiger partial charge in [0.2, 0.25) is 5.54 Å². The zero-order valence-electron chi connectivity index (χ0n) is 16.6. The van der Waals surface area contributed by atoms with Gasteiger partial charge in [0.15, 0.2) is 0 Å². The van der Waals surface area contributed by atoms with E-state index in [0.717, 1.165) is 0 Å². The molecule has 3 N–H and O–H groups in total. The first kappa shape index (κ1) is 22.2. The second-order valence-corrected chi connectivity index (χ2v) is 8.89. The molecule has 1 atom stereocenters. The Morgan fingerprint density at radius 1 is 1.00 bits per heavy atom. The minimum atomic E-state index is -2.09. The van der Waals surface area contributed by atoms with E-state index in [1.54, 1.807) is 46.4 Å². The van der Waals surface area contributed by atoms with Crippen molar-refractivity contribution >= 4 is 18.0 Å². The summed E-state index contributed by atoms with van der Waals surface area (Å²) in [6, 6.07) is 0. The number of ether oxygens (including phenoxy) is 2. The largest absolute Gasteiger partial charge is 0.479 e. The number of esters is 1. The Hall–Kier alpha value is -1.83. The number of carbonyl (C=O) groups excluding carboxylic acids is 2. The SMILES string of the molecule is CC(C)(C)OC(=O)N1CCC(C[C@](N)(C(=O)O)C(=O)OC(C)(C)C)CC1. The van der Waals surface area contributed by atoms with E-state index in [1.807, 2.05) is 0 Å². The maximum atomic E-state index is 12.3. The van der Waals surface area contributed by atoms with E-state index >= 15 is 0 Å². The van der Waals surface area contributed by atoms with Crippen LogP contribution in [0.5, 0.6) is 0 Å². The predicted molar refractivity (Wildman–Crippen MR) is 95.5 cm³/mol. The van der Waals surface area contributed by atoms with Crippen LogP contribution >= 0.6 is 0 Å². The average Bonchev–Trinajstić information content (AvgIpc) is 2.43. The fourth-order valence-electron chi connectivity index (χ4n) is 2.73. The maximum absolute atomic E-state index is 12.3. The molecule has 0 saturated carbocycles. The Labute approximate surface area is 155 Å². The molecule has 1 aliphatic rings. The first-order chi connectivity index (χ1) is 11.6. The van der Waals surface area contributed by atoms with Crippen molar-refractivity contribution in [3.63, 3.8) is 0 Å². The van der Waals surface area contributed by atoms with Crippen molar-refractivity contribution in [3.05, 3.63) is 0 Å². The quantitative estimate of drug-likeness (QED) is 0.573. The van der Waals surface area contributed by atoms with Crippen LogP contribution < -0.4 is 5.73 Å². The van der Waals surface area contributed by atoms with Crippen LogP contribution in [0.3, 0.4) is 0 Å². The summed E-state index contributed by atoms with van der Waals surface area (Å²) in [4.78, 5) is 37.6. The summed E-state index contributed by atoms with van der Waals surface area (Å²) in [5.74, 6) is -2.43. The van der Waals surface area contributed by atoms with Crippen LogP contribution in [-0.2, 0) is 19.1 Å². The van der Waals surface area contributed by atoms with E-state index in [1.165, 1.54) is 0 Å². The van der Waals surface area contributed by atoms with Gasteiger partial charge in [-0.3, -0.25) is 0 Å². The third-order valence-electron chi connectivity index (χ3n) is 4.02. The number of hydrogen-bond acceptors (Lipinski definition) is 6. The van der Waals surface area contributed by atoms with Gasteiger partial charge in [0.25, 0.3) is 0 Å². The van der Waals surface area contributed by atoms with Crippen LogP contribution in [0, 0.1) is 5.92 Å². The second-order valence-electron chi connectivity index (χ2n) is 8.89. The van der Waals surface area contributed by atoms with E-state index < -0.39 is 28.7 Å². The number of amides is 1. The number of likely N-dealkylation sites (tertiary alicyclic amines) is 1. The first-order valence-electron chi connectivity index (χ1n) is 8.88. The summed E-state index contributed by atoms with van der Waals surface area (Å²) in [5, 5.41) is 9.49. The van der Waals surface area contributed by atoms with E-state index in [2.05, 4.69) is 0 Å². The number of aliphatic carboxylic acids is 1. The van der Waals surface area contributed by atoms with Crippen molar-refractivity contribution in [2.45, 2.75) is 77.5 Å². The predicted octanol–water partition coefficient (Wildman–Crippen LogP) is 2.15. The van der Waals surface area contributed by atoms with Gasteiger partial charge in [-0.15, -0.1) is 0 Å². The molecule has 0 aromatic heterocycles. The van der Waals surface area contributed by atoms with Crippen LogP contribution in [0.4, 0.5) is 4.79 Å². The van der Waals surface area contributed by atoms with Crippen molar-refractivity contribution in [2.75, 3.05) is 13.1 Å². The summed E-state index contributed by atoms with van der Waals surface area (Å²) < 4.78 is 10.5. The Morgan fingerprint density at radius 2 is 1.46 bits per heavy atom. The number of nitrogens with zero attached hydrogens (tertiary/aromatic N) is 1. The van der Waals surface area contributed by atoms with Crippen molar-refractivity contribution in [3.8, 4) is 0 Å². The highest BCUT2D eigenvalue weighted by Gasteiger charge is 2.47. The highest BCUT2D eigenvalue weighted by molar-refractivity contribution is 6.03. The van der Waals surface area contributed by atoms with Crippen molar-refractivity contribution in [2.24, 2.45) is 11.7 Å². The fraction of sp³-hybridized carbons (Fsp3) is 0.833. The third kappa shape index (κ3) is 6.48. The van der Waals surface area contributed by atoms with Crippen LogP contribution in [0.25, 0.3) is 0 Å². The monoisotopic (exact) mass is 372 g/mol. The summed E-state index contributed by atoms with van der Waals surface area (Å²) in [6.07, 6.45) is 0.683. The van der Waals surface area contributed by atoms with Gasteiger partial charge >= 0.3 is 18.0 Å². The molecule has 0 bridgehead atoms. The van der Waals surface area contributed by atoms with E-state index in [9.17, 15) is 19.5 Å². The summed E-state index contributed by atoms with van der Waals surface area (Å²) in [6.45, 7) is 11.2. The smallest absolute Gasteiger partial charge is 0.410 e. The molecule has 0 aromatic carbocycles. The topological polar surface area (TPSA) is 119 Å². The number of nitrogens with two attached hydrogens (primary N) is 1. The molecule has 150 valence electrons.